The fourth-order valence-corrected chi connectivity index (χ4v) is 5.88. The quantitative estimate of drug-likeness (QED) is 0.0867. The molecule has 0 saturated carbocycles. The van der Waals surface area contributed by atoms with Crippen LogP contribution < -0.4 is 9.80 Å². The maximum absolute atomic E-state index is 14.2. The Hall–Kier alpha value is -4.85. The number of aromatic nitrogens is 2. The average molecular weight is 863 g/mol. The van der Waals surface area contributed by atoms with E-state index in [1.165, 1.54) is 11.4 Å². The van der Waals surface area contributed by atoms with E-state index >= 15 is 0 Å². The Bertz CT molecular complexity index is 2000. The van der Waals surface area contributed by atoms with E-state index in [4.69, 9.17) is 0 Å². The zero-order valence-corrected chi connectivity index (χ0v) is 30.7. The van der Waals surface area contributed by atoms with Crippen LogP contribution in [0.3, 0.4) is 0 Å². The number of unbranched alkanes of at least 4 members (excludes halogenated alkanes) is 1. The minimum atomic E-state index is -0.694. The number of pyridine rings is 2. The van der Waals surface area contributed by atoms with Crippen molar-refractivity contribution in [2.75, 3.05) is 16.8 Å². The maximum Gasteiger partial charge on any atom is 0.0408 e. The molecule has 1 radical (unpaired) electrons. The third-order valence-electron chi connectivity index (χ3n) is 8.15. The van der Waals surface area contributed by atoms with E-state index in [1.807, 2.05) is 44.2 Å². The first-order valence-electron chi connectivity index (χ1n) is 16.3. The summed E-state index contributed by atoms with van der Waals surface area (Å²) in [6.07, 6.45) is 2.98. The van der Waals surface area contributed by atoms with Gasteiger partial charge < -0.3 is 19.8 Å². The molecule has 0 atom stereocenters. The molecule has 4 aromatic carbocycles. The van der Waals surface area contributed by atoms with Crippen molar-refractivity contribution in [3.63, 3.8) is 0 Å². The first kappa shape index (κ1) is 37.4. The number of aryl methyl sites for hydroxylation is 4. The van der Waals surface area contributed by atoms with Gasteiger partial charge in [-0.1, -0.05) is 58.7 Å². The summed E-state index contributed by atoms with van der Waals surface area (Å²) in [4.78, 5) is 13.3. The molecule has 4 nitrogen and oxygen atoms in total. The molecule has 1 aliphatic heterocycles. The minimum absolute atomic E-state index is 0. The van der Waals surface area contributed by atoms with Gasteiger partial charge in [-0.25, -0.2) is 0 Å². The van der Waals surface area contributed by atoms with Gasteiger partial charge in [-0.05, 0) is 82.2 Å². The third-order valence-corrected chi connectivity index (χ3v) is 8.15. The van der Waals surface area contributed by atoms with Crippen molar-refractivity contribution in [3.05, 3.63) is 168 Å². The standard InChI is InChI=1S/C28H22F4N2.C14H12N2.Ir/c1-17-11-21(33-27(13-17)23-9-7-19(29)15-25(23)31)5-3-4-6-22-12-18(2)14-28(34-22)24-10-8-20(30)16-26(24)32;1-15-11-16(12-7-3-2-4-8-12)14-10-6-5-9-13(14)15;/h7-8,11-16H,3-6H2,1-2H3;2-7,9-11H,1H3;/q2*-2;. The van der Waals surface area contributed by atoms with Gasteiger partial charge in [0.15, 0.2) is 0 Å². The van der Waals surface area contributed by atoms with E-state index in [0.29, 0.717) is 24.2 Å². The van der Waals surface area contributed by atoms with Crippen LogP contribution >= 0.6 is 0 Å². The van der Waals surface area contributed by atoms with Gasteiger partial charge in [-0.3, -0.25) is 17.6 Å². The Balaban J connectivity index is 0.000000247. The van der Waals surface area contributed by atoms with Crippen molar-refractivity contribution in [2.24, 2.45) is 0 Å². The van der Waals surface area contributed by atoms with E-state index in [0.717, 1.165) is 65.3 Å². The Kier molecular flexibility index (Phi) is 12.4. The number of anilines is 3. The Morgan fingerprint density at radius 3 is 1.65 bits per heavy atom. The second-order valence-corrected chi connectivity index (χ2v) is 12.2. The molecular formula is C42H34F4IrN4-4. The van der Waals surface area contributed by atoms with Gasteiger partial charge in [0.25, 0.3) is 0 Å². The van der Waals surface area contributed by atoms with Crippen LogP contribution in [0.2, 0.25) is 0 Å². The molecule has 7 rings (SSSR count). The molecule has 0 N–H and O–H groups in total. The minimum Gasteiger partial charge on any atom is -0.504 e. The molecule has 0 amide bonds. The van der Waals surface area contributed by atoms with E-state index in [-0.39, 0.29) is 31.2 Å². The van der Waals surface area contributed by atoms with E-state index in [9.17, 15) is 17.6 Å². The van der Waals surface area contributed by atoms with Crippen molar-refractivity contribution in [1.29, 1.82) is 0 Å². The summed E-state index contributed by atoms with van der Waals surface area (Å²) in [6.45, 7) is 5.89. The summed E-state index contributed by atoms with van der Waals surface area (Å²) in [5.41, 5.74) is 8.12. The summed E-state index contributed by atoms with van der Waals surface area (Å²) in [5.74, 6) is -2.75. The molecule has 0 bridgehead atoms. The number of hydrogen-bond acceptors (Lipinski definition) is 4. The first-order valence-corrected chi connectivity index (χ1v) is 16.3. The smallest absolute Gasteiger partial charge is 0.0408 e. The van der Waals surface area contributed by atoms with Gasteiger partial charge in [0.05, 0.1) is 0 Å². The van der Waals surface area contributed by atoms with Crippen LogP contribution in [0.15, 0.2) is 97.1 Å². The predicted molar refractivity (Wildman–Crippen MR) is 190 cm³/mol. The van der Waals surface area contributed by atoms with E-state index in [2.05, 4.69) is 82.0 Å². The molecule has 6 aromatic rings. The van der Waals surface area contributed by atoms with Crippen LogP contribution in [0.4, 0.5) is 34.6 Å². The molecule has 3 heterocycles. The largest absolute Gasteiger partial charge is 0.504 e. The van der Waals surface area contributed by atoms with Crippen molar-refractivity contribution in [2.45, 2.75) is 39.5 Å². The van der Waals surface area contributed by atoms with Crippen LogP contribution in [0, 0.1) is 62.0 Å². The summed E-state index contributed by atoms with van der Waals surface area (Å²) in [6, 6.07) is 36.1. The van der Waals surface area contributed by atoms with E-state index < -0.39 is 23.3 Å². The van der Waals surface area contributed by atoms with Gasteiger partial charge in [0, 0.05) is 66.1 Å². The summed E-state index contributed by atoms with van der Waals surface area (Å²) in [5, 5.41) is 0. The average Bonchev–Trinajstić information content (AvgIpc) is 3.43. The van der Waals surface area contributed by atoms with Crippen LogP contribution in [0.1, 0.15) is 35.4 Å². The second-order valence-electron chi connectivity index (χ2n) is 12.2. The summed E-state index contributed by atoms with van der Waals surface area (Å²) in [7, 11) is 2.06. The van der Waals surface area contributed by atoms with Crippen molar-refractivity contribution in [1.82, 2.24) is 9.97 Å². The topological polar surface area (TPSA) is 32.3 Å². The molecule has 0 unspecified atom stereocenters. The normalized spacial score (nSPS) is 11.8. The Labute approximate surface area is 310 Å². The van der Waals surface area contributed by atoms with Gasteiger partial charge in [-0.2, -0.15) is 37.0 Å². The second kappa shape index (κ2) is 16.9. The number of fused-ring (bicyclic) bond motifs is 1. The van der Waals surface area contributed by atoms with E-state index in [1.54, 1.807) is 12.1 Å². The SMILES string of the molecule is CN1[CH-]N(c2[c-]cccc2)c2ccccc21.Cc1cc(CCCCc2cc(C)cc(-c3[c-]cc(F)cc3F)n2)nc(-c2[c-]cc(F)cc2F)c1.[Ir]. The number of nitrogens with zero attached hydrogens (tertiary/aromatic N) is 4. The molecule has 263 valence electrons. The fraction of sp³-hybridized carbons (Fsp3) is 0.167. The zero-order chi connectivity index (χ0) is 35.2. The van der Waals surface area contributed by atoms with Crippen LogP contribution in [0.5, 0.6) is 0 Å². The monoisotopic (exact) mass is 863 g/mol. The van der Waals surface area contributed by atoms with Crippen LogP contribution in [-0.2, 0) is 32.9 Å². The van der Waals surface area contributed by atoms with Crippen molar-refractivity contribution in [3.8, 4) is 22.5 Å². The maximum atomic E-state index is 14.2. The number of rotatable bonds is 8. The van der Waals surface area contributed by atoms with Gasteiger partial charge in [-0.15, -0.1) is 30.0 Å². The molecular weight excluding hydrogens is 829 g/mol. The van der Waals surface area contributed by atoms with Crippen molar-refractivity contribution < 1.29 is 37.7 Å². The predicted octanol–water partition coefficient (Wildman–Crippen LogP) is 10.3. The zero-order valence-electron chi connectivity index (χ0n) is 28.3. The molecule has 51 heavy (non-hydrogen) atoms. The Morgan fingerprint density at radius 1 is 0.647 bits per heavy atom. The molecule has 0 saturated heterocycles. The molecule has 0 fully saturated rings. The fourth-order valence-electron chi connectivity index (χ4n) is 5.88. The van der Waals surface area contributed by atoms with Crippen molar-refractivity contribution >= 4 is 17.1 Å². The third kappa shape index (κ3) is 9.29. The molecule has 2 aromatic heterocycles. The summed E-state index contributed by atoms with van der Waals surface area (Å²) >= 11 is 0. The Morgan fingerprint density at radius 2 is 1.16 bits per heavy atom. The number of halogens is 4. The number of hydrogen-bond donors (Lipinski definition) is 0. The molecule has 0 aliphatic carbocycles. The van der Waals surface area contributed by atoms with Crippen LogP contribution in [-0.4, -0.2) is 17.0 Å². The molecule has 0 spiro atoms. The summed E-state index contributed by atoms with van der Waals surface area (Å²) < 4.78 is 54.8. The van der Waals surface area contributed by atoms with Gasteiger partial charge in [0.1, 0.15) is 0 Å². The molecule has 9 heteroatoms. The molecule has 1 aliphatic rings. The van der Waals surface area contributed by atoms with Gasteiger partial charge >= 0.3 is 0 Å². The first-order chi connectivity index (χ1) is 24.1. The number of benzene rings is 4. The van der Waals surface area contributed by atoms with Gasteiger partial charge in [0.2, 0.25) is 0 Å². The number of para-hydroxylation sites is 3. The van der Waals surface area contributed by atoms with Crippen LogP contribution in [0.25, 0.3) is 22.5 Å².